The lowest BCUT2D eigenvalue weighted by Crippen LogP contribution is -2.15. The second-order valence-electron chi connectivity index (χ2n) is 2.89. The molecule has 80 valence electrons. The topological polar surface area (TPSA) is 72.3 Å². The Morgan fingerprint density at radius 3 is 2.57 bits per heavy atom. The summed E-state index contributed by atoms with van der Waals surface area (Å²) >= 11 is 3.23. The van der Waals surface area contributed by atoms with Crippen molar-refractivity contribution in [3.63, 3.8) is 0 Å². The monoisotopic (exact) mass is 280 g/mol. The Bertz CT molecular complexity index is 296. The van der Waals surface area contributed by atoms with Crippen LogP contribution in [0.3, 0.4) is 0 Å². The Balaban J connectivity index is 0.00000169. The molecule has 0 aliphatic heterocycles. The number of phenolic OH excluding ortho intramolecular Hbond substituents is 1. The van der Waals surface area contributed by atoms with Crippen molar-refractivity contribution in [2.75, 3.05) is 6.54 Å². The summed E-state index contributed by atoms with van der Waals surface area (Å²) in [5.74, 6) is 0.226. The van der Waals surface area contributed by atoms with Crippen molar-refractivity contribution in [3.8, 4) is 5.75 Å². The maximum Gasteiger partial charge on any atom is 0.129 e. The fraction of sp³-hybridized carbons (Fsp3) is 0.333. The van der Waals surface area contributed by atoms with Crippen LogP contribution in [0.25, 0.3) is 0 Å². The number of hydrogen-bond acceptors (Lipinski definition) is 3. The van der Waals surface area contributed by atoms with E-state index in [2.05, 4.69) is 15.9 Å². The standard InChI is InChI=1S/C9H13BrN2O.ClH/c10-7-5-6(1-2-9(7)13)8(12)3-4-11;/h1-2,5,8,13H,3-4,11-12H2;1H/t8-;/m0./s1. The van der Waals surface area contributed by atoms with Crippen LogP contribution in [0.2, 0.25) is 0 Å². The molecular formula is C9H14BrClN2O. The molecule has 0 fully saturated rings. The van der Waals surface area contributed by atoms with Crippen LogP contribution >= 0.6 is 28.3 Å². The molecule has 0 spiro atoms. The Morgan fingerprint density at radius 1 is 1.43 bits per heavy atom. The molecule has 1 aromatic carbocycles. The summed E-state index contributed by atoms with van der Waals surface area (Å²) in [6.07, 6.45) is 0.747. The second kappa shape index (κ2) is 6.24. The van der Waals surface area contributed by atoms with Gasteiger partial charge in [0.2, 0.25) is 0 Å². The third kappa shape index (κ3) is 3.46. The van der Waals surface area contributed by atoms with Gasteiger partial charge in [0.15, 0.2) is 0 Å². The van der Waals surface area contributed by atoms with Crippen molar-refractivity contribution in [1.82, 2.24) is 0 Å². The predicted molar refractivity (Wildman–Crippen MR) is 63.7 cm³/mol. The Labute approximate surface area is 98.0 Å². The average molecular weight is 282 g/mol. The van der Waals surface area contributed by atoms with Gasteiger partial charge in [0, 0.05) is 6.04 Å². The first-order valence-corrected chi connectivity index (χ1v) is 4.88. The quantitative estimate of drug-likeness (QED) is 0.792. The van der Waals surface area contributed by atoms with Gasteiger partial charge in [0.05, 0.1) is 4.47 Å². The lowest BCUT2D eigenvalue weighted by molar-refractivity contribution is 0.471. The van der Waals surface area contributed by atoms with Crippen molar-refractivity contribution in [2.45, 2.75) is 12.5 Å². The zero-order valence-corrected chi connectivity index (χ0v) is 10.0. The van der Waals surface area contributed by atoms with Gasteiger partial charge in [-0.2, -0.15) is 0 Å². The highest BCUT2D eigenvalue weighted by Crippen LogP contribution is 2.26. The fourth-order valence-corrected chi connectivity index (χ4v) is 1.50. The van der Waals surface area contributed by atoms with E-state index in [0.717, 1.165) is 12.0 Å². The number of hydrogen-bond donors (Lipinski definition) is 3. The van der Waals surface area contributed by atoms with Crippen LogP contribution in [0.1, 0.15) is 18.0 Å². The van der Waals surface area contributed by atoms with Crippen LogP contribution in [-0.2, 0) is 0 Å². The molecule has 1 atom stereocenters. The summed E-state index contributed by atoms with van der Waals surface area (Å²) in [5.41, 5.74) is 12.2. The van der Waals surface area contributed by atoms with E-state index in [1.807, 2.05) is 6.07 Å². The molecule has 0 saturated heterocycles. The normalized spacial score (nSPS) is 11.9. The van der Waals surface area contributed by atoms with Crippen LogP contribution in [0, 0.1) is 0 Å². The number of nitrogens with two attached hydrogens (primary N) is 2. The van der Waals surface area contributed by atoms with Crippen LogP contribution in [0.4, 0.5) is 0 Å². The van der Waals surface area contributed by atoms with E-state index in [0.29, 0.717) is 11.0 Å². The van der Waals surface area contributed by atoms with E-state index in [4.69, 9.17) is 11.5 Å². The number of rotatable bonds is 3. The van der Waals surface area contributed by atoms with Gasteiger partial charge < -0.3 is 16.6 Å². The van der Waals surface area contributed by atoms with Gasteiger partial charge >= 0.3 is 0 Å². The Hall–Kier alpha value is -0.290. The summed E-state index contributed by atoms with van der Waals surface area (Å²) in [6, 6.07) is 5.19. The molecule has 0 aromatic heterocycles. The summed E-state index contributed by atoms with van der Waals surface area (Å²) in [7, 11) is 0. The first kappa shape index (κ1) is 13.7. The molecule has 0 unspecified atom stereocenters. The molecule has 1 rings (SSSR count). The summed E-state index contributed by atoms with van der Waals surface area (Å²) in [6.45, 7) is 0.569. The first-order valence-electron chi connectivity index (χ1n) is 4.09. The molecule has 0 radical (unpaired) electrons. The third-order valence-electron chi connectivity index (χ3n) is 1.88. The van der Waals surface area contributed by atoms with Crippen molar-refractivity contribution < 1.29 is 5.11 Å². The molecule has 5 heteroatoms. The molecule has 5 N–H and O–H groups in total. The number of aromatic hydroxyl groups is 1. The van der Waals surface area contributed by atoms with Crippen LogP contribution in [-0.4, -0.2) is 11.7 Å². The highest BCUT2D eigenvalue weighted by atomic mass is 79.9. The second-order valence-corrected chi connectivity index (χ2v) is 3.75. The van der Waals surface area contributed by atoms with Gasteiger partial charge in [-0.3, -0.25) is 0 Å². The molecule has 0 bridgehead atoms. The molecular weight excluding hydrogens is 267 g/mol. The van der Waals surface area contributed by atoms with Gasteiger partial charge in [-0.15, -0.1) is 12.4 Å². The van der Waals surface area contributed by atoms with E-state index in [-0.39, 0.29) is 24.2 Å². The van der Waals surface area contributed by atoms with Gasteiger partial charge in [-0.05, 0) is 46.6 Å². The van der Waals surface area contributed by atoms with Crippen molar-refractivity contribution in [1.29, 1.82) is 0 Å². The average Bonchev–Trinajstić information content (AvgIpc) is 2.10. The van der Waals surface area contributed by atoms with Crippen molar-refractivity contribution >= 4 is 28.3 Å². The predicted octanol–water partition coefficient (Wildman–Crippen LogP) is 1.93. The molecule has 14 heavy (non-hydrogen) atoms. The van der Waals surface area contributed by atoms with Crippen molar-refractivity contribution in [2.24, 2.45) is 11.5 Å². The molecule has 0 saturated carbocycles. The highest BCUT2D eigenvalue weighted by molar-refractivity contribution is 9.10. The van der Waals surface area contributed by atoms with E-state index in [1.54, 1.807) is 12.1 Å². The first-order chi connectivity index (χ1) is 6.15. The lowest BCUT2D eigenvalue weighted by Gasteiger charge is -2.11. The summed E-state index contributed by atoms with van der Waals surface area (Å²) in [4.78, 5) is 0. The largest absolute Gasteiger partial charge is 0.507 e. The fourth-order valence-electron chi connectivity index (χ4n) is 1.10. The smallest absolute Gasteiger partial charge is 0.129 e. The minimum atomic E-state index is -0.0538. The van der Waals surface area contributed by atoms with Crippen molar-refractivity contribution in [3.05, 3.63) is 28.2 Å². The maximum atomic E-state index is 9.24. The van der Waals surface area contributed by atoms with Gasteiger partial charge in [-0.1, -0.05) is 6.07 Å². The van der Waals surface area contributed by atoms with E-state index < -0.39 is 0 Å². The van der Waals surface area contributed by atoms with E-state index in [1.165, 1.54) is 0 Å². The highest BCUT2D eigenvalue weighted by Gasteiger charge is 2.06. The molecule has 1 aromatic rings. The van der Waals surface area contributed by atoms with Gasteiger partial charge in [0.1, 0.15) is 5.75 Å². The Morgan fingerprint density at radius 2 is 2.07 bits per heavy atom. The summed E-state index contributed by atoms with van der Waals surface area (Å²) < 4.78 is 0.664. The van der Waals surface area contributed by atoms with Crippen LogP contribution in [0.15, 0.2) is 22.7 Å². The minimum Gasteiger partial charge on any atom is -0.507 e. The van der Waals surface area contributed by atoms with E-state index in [9.17, 15) is 5.11 Å². The number of halogens is 2. The van der Waals surface area contributed by atoms with Crippen LogP contribution in [0.5, 0.6) is 5.75 Å². The zero-order chi connectivity index (χ0) is 9.84. The molecule has 0 aliphatic carbocycles. The minimum absolute atomic E-state index is 0. The van der Waals surface area contributed by atoms with E-state index >= 15 is 0 Å². The summed E-state index contributed by atoms with van der Waals surface area (Å²) in [5, 5.41) is 9.24. The Kier molecular flexibility index (Phi) is 6.11. The van der Waals surface area contributed by atoms with Crippen LogP contribution < -0.4 is 11.5 Å². The lowest BCUT2D eigenvalue weighted by atomic mass is 10.1. The molecule has 0 aliphatic rings. The van der Waals surface area contributed by atoms with Gasteiger partial charge in [0.25, 0.3) is 0 Å². The molecule has 0 heterocycles. The third-order valence-corrected chi connectivity index (χ3v) is 2.51. The zero-order valence-electron chi connectivity index (χ0n) is 7.61. The maximum absolute atomic E-state index is 9.24. The molecule has 3 nitrogen and oxygen atoms in total. The number of benzene rings is 1. The van der Waals surface area contributed by atoms with Gasteiger partial charge in [-0.25, -0.2) is 0 Å². The number of phenols is 1. The molecule has 0 amide bonds. The SMILES string of the molecule is Cl.NCC[C@H](N)c1ccc(O)c(Br)c1.